The molecule has 2 aromatic rings. The molecule has 2 heterocycles. The number of aromatic nitrogens is 3. The maximum absolute atomic E-state index is 6.03. The second kappa shape index (κ2) is 6.66. The second-order valence-corrected chi connectivity index (χ2v) is 5.33. The van der Waals surface area contributed by atoms with E-state index in [4.69, 9.17) is 11.6 Å². The van der Waals surface area contributed by atoms with Gasteiger partial charge < -0.3 is 4.90 Å². The summed E-state index contributed by atoms with van der Waals surface area (Å²) >= 11 is 6.03. The topological polar surface area (TPSA) is 41.9 Å². The Morgan fingerprint density at radius 2 is 1.95 bits per heavy atom. The SMILES string of the molecule is CC(C)c1ncc(N(C)Cc2ccncc2)c(CCl)n1. The number of nitrogens with zero attached hydrogens (tertiary/aromatic N) is 4. The van der Waals surface area contributed by atoms with E-state index >= 15 is 0 Å². The van der Waals surface area contributed by atoms with Gasteiger partial charge in [-0.25, -0.2) is 9.97 Å². The normalized spacial score (nSPS) is 10.8. The van der Waals surface area contributed by atoms with Gasteiger partial charge in [-0.2, -0.15) is 0 Å². The van der Waals surface area contributed by atoms with Crippen molar-refractivity contribution >= 4 is 17.3 Å². The van der Waals surface area contributed by atoms with Crippen LogP contribution in [0.2, 0.25) is 0 Å². The standard InChI is InChI=1S/C15H19ClN4/c1-11(2)15-18-9-14(13(8-16)19-15)20(3)10-12-4-6-17-7-5-12/h4-7,9,11H,8,10H2,1-3H3. The van der Waals surface area contributed by atoms with E-state index in [9.17, 15) is 0 Å². The molecule has 106 valence electrons. The van der Waals surface area contributed by atoms with E-state index in [1.165, 1.54) is 5.56 Å². The van der Waals surface area contributed by atoms with E-state index in [2.05, 4.69) is 33.7 Å². The molecule has 0 unspecified atom stereocenters. The van der Waals surface area contributed by atoms with Crippen LogP contribution in [0.3, 0.4) is 0 Å². The number of rotatable bonds is 5. The summed E-state index contributed by atoms with van der Waals surface area (Å²) in [7, 11) is 2.02. The summed E-state index contributed by atoms with van der Waals surface area (Å²) in [5.74, 6) is 1.52. The molecule has 0 aromatic carbocycles. The summed E-state index contributed by atoms with van der Waals surface area (Å²) in [6.45, 7) is 4.93. The van der Waals surface area contributed by atoms with Crippen molar-refractivity contribution in [2.24, 2.45) is 0 Å². The molecule has 0 aliphatic carbocycles. The highest BCUT2D eigenvalue weighted by molar-refractivity contribution is 6.17. The van der Waals surface area contributed by atoms with E-state index in [-0.39, 0.29) is 0 Å². The molecule has 5 heteroatoms. The van der Waals surface area contributed by atoms with Gasteiger partial charge >= 0.3 is 0 Å². The summed E-state index contributed by atoms with van der Waals surface area (Å²) < 4.78 is 0. The van der Waals surface area contributed by atoms with E-state index in [0.717, 1.165) is 23.8 Å². The van der Waals surface area contributed by atoms with E-state index in [1.54, 1.807) is 12.4 Å². The molecule has 0 amide bonds. The lowest BCUT2D eigenvalue weighted by Crippen LogP contribution is -2.19. The zero-order valence-electron chi connectivity index (χ0n) is 12.0. The molecule has 0 aliphatic heterocycles. The highest BCUT2D eigenvalue weighted by Crippen LogP contribution is 2.22. The Kier molecular flexibility index (Phi) is 4.90. The molecule has 0 atom stereocenters. The van der Waals surface area contributed by atoms with Crippen LogP contribution in [-0.4, -0.2) is 22.0 Å². The fraction of sp³-hybridized carbons (Fsp3) is 0.400. The average molecular weight is 291 g/mol. The fourth-order valence-corrected chi connectivity index (χ4v) is 2.17. The molecule has 0 bridgehead atoms. The molecule has 0 aliphatic rings. The molecule has 0 saturated heterocycles. The van der Waals surface area contributed by atoms with Crippen LogP contribution < -0.4 is 4.90 Å². The van der Waals surface area contributed by atoms with Crippen molar-refractivity contribution in [1.82, 2.24) is 15.0 Å². The third-order valence-electron chi connectivity index (χ3n) is 3.09. The second-order valence-electron chi connectivity index (χ2n) is 5.06. The molecule has 20 heavy (non-hydrogen) atoms. The first-order valence-corrected chi connectivity index (χ1v) is 7.17. The Morgan fingerprint density at radius 3 is 2.55 bits per heavy atom. The van der Waals surface area contributed by atoms with Crippen LogP contribution in [0.15, 0.2) is 30.7 Å². The zero-order chi connectivity index (χ0) is 14.5. The first kappa shape index (κ1) is 14.7. The summed E-state index contributed by atoms with van der Waals surface area (Å²) in [5, 5.41) is 0. The van der Waals surface area contributed by atoms with Crippen LogP contribution in [0.25, 0.3) is 0 Å². The van der Waals surface area contributed by atoms with Crippen molar-refractivity contribution in [3.05, 3.63) is 47.8 Å². The summed E-state index contributed by atoms with van der Waals surface area (Å²) in [6, 6.07) is 4.00. The molecule has 2 rings (SSSR count). The van der Waals surface area contributed by atoms with Gasteiger partial charge in [-0.3, -0.25) is 4.98 Å². The van der Waals surface area contributed by atoms with Crippen LogP contribution in [0.4, 0.5) is 5.69 Å². The molecule has 0 N–H and O–H groups in total. The van der Waals surface area contributed by atoms with E-state index < -0.39 is 0 Å². The monoisotopic (exact) mass is 290 g/mol. The smallest absolute Gasteiger partial charge is 0.131 e. The van der Waals surface area contributed by atoms with Crippen molar-refractivity contribution < 1.29 is 0 Å². The molecule has 4 nitrogen and oxygen atoms in total. The van der Waals surface area contributed by atoms with Crippen molar-refractivity contribution in [3.8, 4) is 0 Å². The average Bonchev–Trinajstić information content (AvgIpc) is 2.47. The van der Waals surface area contributed by atoms with Gasteiger partial charge in [0, 0.05) is 31.9 Å². The number of anilines is 1. The Labute approximate surface area is 124 Å². The van der Waals surface area contributed by atoms with Crippen LogP contribution in [0, 0.1) is 0 Å². The van der Waals surface area contributed by atoms with Gasteiger partial charge in [0.15, 0.2) is 0 Å². The predicted molar refractivity (Wildman–Crippen MR) is 82.0 cm³/mol. The molecule has 0 fully saturated rings. The van der Waals surface area contributed by atoms with Gasteiger partial charge in [0.2, 0.25) is 0 Å². The van der Waals surface area contributed by atoms with Crippen LogP contribution >= 0.6 is 11.6 Å². The highest BCUT2D eigenvalue weighted by atomic mass is 35.5. The third kappa shape index (κ3) is 3.45. The minimum Gasteiger partial charge on any atom is -0.368 e. The van der Waals surface area contributed by atoms with Gasteiger partial charge in [0.25, 0.3) is 0 Å². The van der Waals surface area contributed by atoms with Crippen molar-refractivity contribution in [3.63, 3.8) is 0 Å². The molecule has 0 radical (unpaired) electrons. The number of pyridine rings is 1. The summed E-state index contributed by atoms with van der Waals surface area (Å²) in [5.41, 5.74) is 3.04. The number of hydrogen-bond acceptors (Lipinski definition) is 4. The van der Waals surface area contributed by atoms with Gasteiger partial charge in [0.05, 0.1) is 23.5 Å². The Hall–Kier alpha value is -1.68. The summed E-state index contributed by atoms with van der Waals surface area (Å²) in [4.78, 5) is 15.1. The largest absolute Gasteiger partial charge is 0.368 e. The lowest BCUT2D eigenvalue weighted by Gasteiger charge is -2.21. The molecular weight excluding hydrogens is 272 g/mol. The number of halogens is 1. The Morgan fingerprint density at radius 1 is 1.25 bits per heavy atom. The van der Waals surface area contributed by atoms with Crippen LogP contribution in [-0.2, 0) is 12.4 Å². The minimum absolute atomic E-state index is 0.302. The maximum Gasteiger partial charge on any atom is 0.131 e. The highest BCUT2D eigenvalue weighted by Gasteiger charge is 2.12. The third-order valence-corrected chi connectivity index (χ3v) is 3.34. The van der Waals surface area contributed by atoms with Gasteiger partial charge in [-0.15, -0.1) is 11.6 Å². The summed E-state index contributed by atoms with van der Waals surface area (Å²) in [6.07, 6.45) is 5.45. The van der Waals surface area contributed by atoms with E-state index in [0.29, 0.717) is 11.8 Å². The van der Waals surface area contributed by atoms with Crippen LogP contribution in [0.1, 0.15) is 36.8 Å². The Bertz CT molecular complexity index is 557. The Balaban J connectivity index is 2.23. The molecule has 0 saturated carbocycles. The maximum atomic E-state index is 6.03. The zero-order valence-corrected chi connectivity index (χ0v) is 12.8. The van der Waals surface area contributed by atoms with Crippen molar-refractivity contribution in [1.29, 1.82) is 0 Å². The van der Waals surface area contributed by atoms with Crippen LogP contribution in [0.5, 0.6) is 0 Å². The molecular formula is C15H19ClN4. The molecule has 2 aromatic heterocycles. The fourth-order valence-electron chi connectivity index (χ4n) is 1.97. The first-order chi connectivity index (χ1) is 9.61. The quantitative estimate of drug-likeness (QED) is 0.792. The first-order valence-electron chi connectivity index (χ1n) is 6.63. The lowest BCUT2D eigenvalue weighted by atomic mass is 10.2. The lowest BCUT2D eigenvalue weighted by molar-refractivity contribution is 0.758. The van der Waals surface area contributed by atoms with Gasteiger partial charge in [-0.05, 0) is 17.7 Å². The van der Waals surface area contributed by atoms with E-state index in [1.807, 2.05) is 25.4 Å². The number of hydrogen-bond donors (Lipinski definition) is 0. The number of alkyl halides is 1. The predicted octanol–water partition coefficient (Wildman–Crippen LogP) is 3.37. The van der Waals surface area contributed by atoms with Gasteiger partial charge in [-0.1, -0.05) is 13.8 Å². The minimum atomic E-state index is 0.302. The van der Waals surface area contributed by atoms with Crippen molar-refractivity contribution in [2.75, 3.05) is 11.9 Å². The van der Waals surface area contributed by atoms with Crippen molar-refractivity contribution in [2.45, 2.75) is 32.2 Å². The molecule has 0 spiro atoms. The van der Waals surface area contributed by atoms with Gasteiger partial charge in [0.1, 0.15) is 5.82 Å².